The Hall–Kier alpha value is -0.610. The highest BCUT2D eigenvalue weighted by Gasteiger charge is 2.11. The fourth-order valence-corrected chi connectivity index (χ4v) is 0.734. The van der Waals surface area contributed by atoms with E-state index in [0.29, 0.717) is 5.84 Å². The van der Waals surface area contributed by atoms with E-state index in [4.69, 9.17) is 11.6 Å². The Labute approximate surface area is 47.9 Å². The van der Waals surface area contributed by atoms with E-state index in [1.54, 1.807) is 0 Å². The Morgan fingerprint density at radius 1 is 1.75 bits per heavy atom. The molecule has 0 bridgehead atoms. The van der Waals surface area contributed by atoms with Crippen LogP contribution in [-0.2, 0) is 0 Å². The number of hydrogen-bond donors (Lipinski definition) is 3. The minimum Gasteiger partial charge on any atom is -0.387 e. The zero-order chi connectivity index (χ0) is 5.98. The summed E-state index contributed by atoms with van der Waals surface area (Å²) in [6, 6.07) is 0. The third-order valence-corrected chi connectivity index (χ3v) is 1.19. The van der Waals surface area contributed by atoms with Gasteiger partial charge in [0.2, 0.25) is 0 Å². The van der Waals surface area contributed by atoms with Crippen LogP contribution in [0.4, 0.5) is 0 Å². The molecule has 8 heavy (non-hydrogen) atoms. The third-order valence-electron chi connectivity index (χ3n) is 1.19. The molecule has 0 fully saturated rings. The molecule has 1 aliphatic heterocycles. The van der Waals surface area contributed by atoms with Gasteiger partial charge in [0.15, 0.2) is 0 Å². The van der Waals surface area contributed by atoms with Crippen molar-refractivity contribution in [1.82, 2.24) is 5.43 Å². The normalized spacial score (nSPS) is 28.1. The molecule has 4 heteroatoms. The highest BCUT2D eigenvalue weighted by Crippen LogP contribution is 2.05. The zero-order valence-corrected chi connectivity index (χ0v) is 4.59. The second kappa shape index (κ2) is 2.11. The molecule has 1 aliphatic rings. The molecule has 1 heterocycles. The van der Waals surface area contributed by atoms with Crippen LogP contribution in [0.25, 0.3) is 0 Å². The van der Waals surface area contributed by atoms with E-state index in [1.807, 2.05) is 0 Å². The molecule has 0 unspecified atom stereocenters. The molecule has 0 aromatic carbocycles. The fraction of sp³-hybridized carbons (Fsp3) is 0.750. The number of hydrogen-bond acceptors (Lipinski definition) is 4. The van der Waals surface area contributed by atoms with Gasteiger partial charge in [-0.15, -0.1) is 0 Å². The molecule has 0 radical (unpaired) electrons. The van der Waals surface area contributed by atoms with Crippen LogP contribution >= 0.6 is 0 Å². The lowest BCUT2D eigenvalue weighted by molar-refractivity contribution is 0.548. The first-order valence-corrected chi connectivity index (χ1v) is 2.61. The van der Waals surface area contributed by atoms with Crippen LogP contribution < -0.4 is 17.0 Å². The lowest BCUT2D eigenvalue weighted by Gasteiger charge is -1.99. The van der Waals surface area contributed by atoms with Crippen molar-refractivity contribution in [3.05, 3.63) is 0 Å². The molecule has 0 aliphatic carbocycles. The number of aliphatic imine (C=N–C) groups is 1. The molecule has 0 spiro atoms. The molecule has 46 valence electrons. The van der Waals surface area contributed by atoms with Crippen LogP contribution in [0.5, 0.6) is 0 Å². The van der Waals surface area contributed by atoms with Crippen molar-refractivity contribution in [3.63, 3.8) is 0 Å². The number of rotatable bonds is 1. The molecular formula is C4H10N4. The van der Waals surface area contributed by atoms with Crippen LogP contribution in [0.1, 0.15) is 12.8 Å². The number of amidine groups is 1. The highest BCUT2D eigenvalue weighted by atomic mass is 15.3. The lowest BCUT2D eigenvalue weighted by Crippen LogP contribution is -2.31. The minimum atomic E-state index is 0.0648. The summed E-state index contributed by atoms with van der Waals surface area (Å²) in [7, 11) is 0. The number of nitrogens with zero attached hydrogens (tertiary/aromatic N) is 1. The number of nitrogens with two attached hydrogens (primary N) is 2. The molecule has 0 saturated heterocycles. The first kappa shape index (κ1) is 5.53. The third kappa shape index (κ3) is 0.962. The summed E-state index contributed by atoms with van der Waals surface area (Å²) in [6.45, 7) is 0. The van der Waals surface area contributed by atoms with Crippen LogP contribution in [0, 0.1) is 0 Å². The van der Waals surface area contributed by atoms with Crippen LogP contribution in [-0.4, -0.2) is 12.0 Å². The van der Waals surface area contributed by atoms with Crippen molar-refractivity contribution in [3.8, 4) is 0 Å². The van der Waals surface area contributed by atoms with E-state index in [-0.39, 0.29) is 6.17 Å². The van der Waals surface area contributed by atoms with Crippen molar-refractivity contribution in [2.45, 2.75) is 19.0 Å². The van der Waals surface area contributed by atoms with E-state index in [9.17, 15) is 0 Å². The molecule has 0 aromatic rings. The Bertz CT molecular complexity index is 109. The SMILES string of the molecule is NN[C@@H]1CCC(N)=N1. The van der Waals surface area contributed by atoms with Crippen molar-refractivity contribution < 1.29 is 0 Å². The quantitative estimate of drug-likeness (QED) is 0.300. The molecule has 1 atom stereocenters. The second-order valence-electron chi connectivity index (χ2n) is 1.84. The predicted octanol–water partition coefficient (Wildman–Crippen LogP) is -1.07. The summed E-state index contributed by atoms with van der Waals surface area (Å²) >= 11 is 0. The van der Waals surface area contributed by atoms with Gasteiger partial charge in [-0.2, -0.15) is 0 Å². The molecular weight excluding hydrogens is 104 g/mol. The first-order valence-electron chi connectivity index (χ1n) is 2.61. The van der Waals surface area contributed by atoms with Crippen LogP contribution in [0.3, 0.4) is 0 Å². The van der Waals surface area contributed by atoms with Gasteiger partial charge in [0, 0.05) is 6.42 Å². The molecule has 0 aromatic heterocycles. The van der Waals surface area contributed by atoms with E-state index in [0.717, 1.165) is 12.8 Å². The van der Waals surface area contributed by atoms with Crippen LogP contribution in [0.2, 0.25) is 0 Å². The monoisotopic (exact) mass is 114 g/mol. The first-order chi connectivity index (χ1) is 3.83. The van der Waals surface area contributed by atoms with Crippen molar-refractivity contribution >= 4 is 5.84 Å². The average molecular weight is 114 g/mol. The molecule has 0 amide bonds. The van der Waals surface area contributed by atoms with Gasteiger partial charge in [-0.05, 0) is 6.42 Å². The minimum absolute atomic E-state index is 0.0648. The summed E-state index contributed by atoms with van der Waals surface area (Å²) in [5, 5.41) is 0. The predicted molar refractivity (Wildman–Crippen MR) is 32.0 cm³/mol. The lowest BCUT2D eigenvalue weighted by atomic mass is 10.3. The summed E-state index contributed by atoms with van der Waals surface area (Å²) in [5.74, 6) is 5.79. The van der Waals surface area contributed by atoms with Crippen molar-refractivity contribution in [2.24, 2.45) is 16.6 Å². The van der Waals surface area contributed by atoms with Gasteiger partial charge in [0.1, 0.15) is 6.17 Å². The van der Waals surface area contributed by atoms with Crippen molar-refractivity contribution in [1.29, 1.82) is 0 Å². The molecule has 1 rings (SSSR count). The summed E-state index contributed by atoms with van der Waals surface area (Å²) in [4.78, 5) is 3.97. The van der Waals surface area contributed by atoms with E-state index in [1.165, 1.54) is 0 Å². The number of hydrazine groups is 1. The van der Waals surface area contributed by atoms with Gasteiger partial charge in [-0.1, -0.05) is 0 Å². The number of nitrogens with one attached hydrogen (secondary N) is 1. The topological polar surface area (TPSA) is 76.4 Å². The van der Waals surface area contributed by atoms with Gasteiger partial charge in [0.05, 0.1) is 5.84 Å². The molecule has 4 nitrogen and oxygen atoms in total. The van der Waals surface area contributed by atoms with Crippen LogP contribution in [0.15, 0.2) is 4.99 Å². The van der Waals surface area contributed by atoms with Gasteiger partial charge < -0.3 is 5.73 Å². The molecule has 5 N–H and O–H groups in total. The van der Waals surface area contributed by atoms with Gasteiger partial charge in [0.25, 0.3) is 0 Å². The van der Waals surface area contributed by atoms with Gasteiger partial charge in [-0.3, -0.25) is 10.8 Å². The average Bonchev–Trinajstić information content (AvgIpc) is 2.14. The van der Waals surface area contributed by atoms with Crippen molar-refractivity contribution in [2.75, 3.05) is 0 Å². The Morgan fingerprint density at radius 2 is 2.50 bits per heavy atom. The summed E-state index contributed by atoms with van der Waals surface area (Å²) in [6.07, 6.45) is 1.87. The second-order valence-corrected chi connectivity index (χ2v) is 1.84. The largest absolute Gasteiger partial charge is 0.387 e. The Kier molecular flexibility index (Phi) is 1.45. The van der Waals surface area contributed by atoms with E-state index in [2.05, 4.69) is 10.4 Å². The fourth-order valence-electron chi connectivity index (χ4n) is 0.734. The van der Waals surface area contributed by atoms with E-state index >= 15 is 0 Å². The van der Waals surface area contributed by atoms with E-state index < -0.39 is 0 Å². The van der Waals surface area contributed by atoms with Gasteiger partial charge in [-0.25, -0.2) is 5.43 Å². The standard InChI is InChI=1S/C4H10N4/c5-3-1-2-4(7-3)8-6/h4,8H,1-2,6H2,(H2,5,7)/t4-/m1/s1. The Morgan fingerprint density at radius 3 is 2.75 bits per heavy atom. The smallest absolute Gasteiger partial charge is 0.114 e. The Balaban J connectivity index is 2.41. The summed E-state index contributed by atoms with van der Waals surface area (Å²) < 4.78 is 0. The van der Waals surface area contributed by atoms with Gasteiger partial charge >= 0.3 is 0 Å². The molecule has 0 saturated carbocycles. The summed E-state index contributed by atoms with van der Waals surface area (Å²) in [5.41, 5.74) is 7.88. The maximum Gasteiger partial charge on any atom is 0.114 e. The zero-order valence-electron chi connectivity index (χ0n) is 4.59. The maximum absolute atomic E-state index is 5.36. The maximum atomic E-state index is 5.36. The highest BCUT2D eigenvalue weighted by molar-refractivity contribution is 5.81.